The van der Waals surface area contributed by atoms with Gasteiger partial charge in [-0.3, -0.25) is 0 Å². The number of benzene rings is 2. The van der Waals surface area contributed by atoms with Crippen molar-refractivity contribution in [2.75, 3.05) is 7.11 Å². The molecule has 106 valence electrons. The van der Waals surface area contributed by atoms with E-state index < -0.39 is 0 Å². The summed E-state index contributed by atoms with van der Waals surface area (Å²) in [5, 5.41) is 0. The van der Waals surface area contributed by atoms with E-state index in [1.807, 2.05) is 64.1 Å². The lowest BCUT2D eigenvalue weighted by Gasteiger charge is -2.22. The quantitative estimate of drug-likeness (QED) is 0.738. The Bertz CT molecular complexity index is 624. The van der Waals surface area contributed by atoms with Crippen LogP contribution in [-0.2, 0) is 5.41 Å². The van der Waals surface area contributed by atoms with Crippen molar-refractivity contribution < 1.29 is 9.13 Å². The number of methoxy groups -OCH3 is 1. The number of halogens is 1. The van der Waals surface area contributed by atoms with Gasteiger partial charge in [-0.2, -0.15) is 0 Å². The summed E-state index contributed by atoms with van der Waals surface area (Å²) in [6, 6.07) is 11.7. The lowest BCUT2D eigenvalue weighted by atomic mass is 9.83. The molecule has 0 amide bonds. The second kappa shape index (κ2) is 5.28. The molecule has 0 aliphatic carbocycles. The van der Waals surface area contributed by atoms with Crippen molar-refractivity contribution in [3.05, 3.63) is 53.3 Å². The highest BCUT2D eigenvalue weighted by molar-refractivity contribution is 5.67. The summed E-state index contributed by atoms with van der Waals surface area (Å²) in [7, 11) is 1.65. The van der Waals surface area contributed by atoms with Crippen LogP contribution in [0.25, 0.3) is 11.1 Å². The zero-order chi connectivity index (χ0) is 14.9. The van der Waals surface area contributed by atoms with E-state index in [9.17, 15) is 4.39 Å². The zero-order valence-electron chi connectivity index (χ0n) is 12.8. The maximum absolute atomic E-state index is 14.3. The van der Waals surface area contributed by atoms with Crippen LogP contribution < -0.4 is 4.74 Å². The highest BCUT2D eigenvalue weighted by Gasteiger charge is 2.21. The highest BCUT2D eigenvalue weighted by Crippen LogP contribution is 2.32. The molecular formula is C18H21FO. The van der Waals surface area contributed by atoms with E-state index in [2.05, 4.69) is 0 Å². The third kappa shape index (κ3) is 2.84. The topological polar surface area (TPSA) is 9.23 Å². The molecule has 0 N–H and O–H groups in total. The van der Waals surface area contributed by atoms with Crippen molar-refractivity contribution in [2.45, 2.75) is 33.1 Å². The molecule has 20 heavy (non-hydrogen) atoms. The zero-order valence-corrected chi connectivity index (χ0v) is 12.8. The van der Waals surface area contributed by atoms with E-state index in [-0.39, 0.29) is 11.2 Å². The van der Waals surface area contributed by atoms with Gasteiger partial charge < -0.3 is 4.74 Å². The number of ether oxygens (including phenoxy) is 1. The minimum Gasteiger partial charge on any atom is -0.497 e. The first-order chi connectivity index (χ1) is 9.32. The van der Waals surface area contributed by atoms with Crippen LogP contribution in [0.4, 0.5) is 4.39 Å². The SMILES string of the molecule is COc1cccc(-c2cc(C)c(F)c(C(C)(C)C)c2)c1. The van der Waals surface area contributed by atoms with Gasteiger partial charge in [0.25, 0.3) is 0 Å². The van der Waals surface area contributed by atoms with Crippen LogP contribution in [-0.4, -0.2) is 7.11 Å². The van der Waals surface area contributed by atoms with Crippen LogP contribution in [0.15, 0.2) is 36.4 Å². The first-order valence-electron chi connectivity index (χ1n) is 6.78. The summed E-state index contributed by atoms with van der Waals surface area (Å²) in [6.07, 6.45) is 0. The van der Waals surface area contributed by atoms with Crippen molar-refractivity contribution in [1.29, 1.82) is 0 Å². The summed E-state index contributed by atoms with van der Waals surface area (Å²) >= 11 is 0. The lowest BCUT2D eigenvalue weighted by Crippen LogP contribution is -2.14. The second-order valence-corrected chi connectivity index (χ2v) is 6.14. The standard InChI is InChI=1S/C18H21FO/c1-12-9-14(11-16(17(12)19)18(2,3)4)13-7-6-8-15(10-13)20-5/h6-11H,1-5H3. The molecule has 0 fully saturated rings. The van der Waals surface area contributed by atoms with Gasteiger partial charge in [0.05, 0.1) is 7.11 Å². The molecule has 0 atom stereocenters. The molecule has 2 aromatic rings. The van der Waals surface area contributed by atoms with Gasteiger partial charge in [0, 0.05) is 0 Å². The number of rotatable bonds is 2. The molecule has 0 radical (unpaired) electrons. The first-order valence-corrected chi connectivity index (χ1v) is 6.78. The predicted molar refractivity (Wildman–Crippen MR) is 81.8 cm³/mol. The smallest absolute Gasteiger partial charge is 0.129 e. The summed E-state index contributed by atoms with van der Waals surface area (Å²) in [5.74, 6) is 0.700. The summed E-state index contributed by atoms with van der Waals surface area (Å²) in [4.78, 5) is 0. The number of hydrogen-bond donors (Lipinski definition) is 0. The van der Waals surface area contributed by atoms with Crippen molar-refractivity contribution in [3.8, 4) is 16.9 Å². The minimum atomic E-state index is -0.219. The molecule has 0 aliphatic rings. The van der Waals surface area contributed by atoms with Crippen molar-refractivity contribution in [1.82, 2.24) is 0 Å². The lowest BCUT2D eigenvalue weighted by molar-refractivity contribution is 0.415. The van der Waals surface area contributed by atoms with Crippen LogP contribution in [0.5, 0.6) is 5.75 Å². The van der Waals surface area contributed by atoms with Gasteiger partial charge in [0.2, 0.25) is 0 Å². The van der Waals surface area contributed by atoms with Gasteiger partial charge in [-0.1, -0.05) is 32.9 Å². The molecule has 0 aromatic heterocycles. The molecule has 2 rings (SSSR count). The maximum atomic E-state index is 14.3. The third-order valence-electron chi connectivity index (χ3n) is 3.47. The fourth-order valence-electron chi connectivity index (χ4n) is 2.28. The van der Waals surface area contributed by atoms with E-state index >= 15 is 0 Å². The molecule has 0 aliphatic heterocycles. The van der Waals surface area contributed by atoms with Gasteiger partial charge in [0.1, 0.15) is 11.6 Å². The molecule has 0 bridgehead atoms. The Labute approximate surface area is 120 Å². The average molecular weight is 272 g/mol. The Balaban J connectivity index is 2.60. The van der Waals surface area contributed by atoms with Crippen molar-refractivity contribution >= 4 is 0 Å². The van der Waals surface area contributed by atoms with Crippen LogP contribution in [0, 0.1) is 12.7 Å². The average Bonchev–Trinajstić information content (AvgIpc) is 2.40. The van der Waals surface area contributed by atoms with Gasteiger partial charge in [0.15, 0.2) is 0 Å². The van der Waals surface area contributed by atoms with Gasteiger partial charge in [-0.25, -0.2) is 4.39 Å². The van der Waals surface area contributed by atoms with E-state index in [1.165, 1.54) is 0 Å². The van der Waals surface area contributed by atoms with Gasteiger partial charge in [-0.15, -0.1) is 0 Å². The van der Waals surface area contributed by atoms with E-state index in [0.29, 0.717) is 5.56 Å². The largest absolute Gasteiger partial charge is 0.497 e. The van der Waals surface area contributed by atoms with Gasteiger partial charge in [-0.05, 0) is 58.9 Å². The summed E-state index contributed by atoms with van der Waals surface area (Å²) < 4.78 is 19.6. The maximum Gasteiger partial charge on any atom is 0.129 e. The molecule has 2 aromatic carbocycles. The molecule has 0 unspecified atom stereocenters. The monoisotopic (exact) mass is 272 g/mol. The Morgan fingerprint density at radius 3 is 2.30 bits per heavy atom. The Hall–Kier alpha value is -1.83. The van der Waals surface area contributed by atoms with Gasteiger partial charge >= 0.3 is 0 Å². The van der Waals surface area contributed by atoms with Crippen molar-refractivity contribution in [3.63, 3.8) is 0 Å². The van der Waals surface area contributed by atoms with Crippen LogP contribution >= 0.6 is 0 Å². The van der Waals surface area contributed by atoms with Crippen molar-refractivity contribution in [2.24, 2.45) is 0 Å². The third-order valence-corrected chi connectivity index (χ3v) is 3.47. The molecule has 0 saturated heterocycles. The molecule has 0 saturated carbocycles. The second-order valence-electron chi connectivity index (χ2n) is 6.14. The van der Waals surface area contributed by atoms with E-state index in [4.69, 9.17) is 4.74 Å². The van der Waals surface area contributed by atoms with Crippen LogP contribution in [0.2, 0.25) is 0 Å². The predicted octanol–water partition coefficient (Wildman–Crippen LogP) is 5.11. The Morgan fingerprint density at radius 1 is 1.00 bits per heavy atom. The summed E-state index contributed by atoms with van der Waals surface area (Å²) in [6.45, 7) is 7.90. The minimum absolute atomic E-state index is 0.107. The highest BCUT2D eigenvalue weighted by atomic mass is 19.1. The molecule has 2 heteroatoms. The fourth-order valence-corrected chi connectivity index (χ4v) is 2.28. The Kier molecular flexibility index (Phi) is 3.85. The number of aryl methyl sites for hydroxylation is 1. The molecular weight excluding hydrogens is 251 g/mol. The van der Waals surface area contributed by atoms with E-state index in [1.54, 1.807) is 7.11 Å². The van der Waals surface area contributed by atoms with Crippen LogP contribution in [0.3, 0.4) is 0 Å². The van der Waals surface area contributed by atoms with Crippen LogP contribution in [0.1, 0.15) is 31.9 Å². The molecule has 1 nitrogen and oxygen atoms in total. The molecule has 0 spiro atoms. The fraction of sp³-hybridized carbons (Fsp3) is 0.333. The molecule has 0 heterocycles. The number of hydrogen-bond acceptors (Lipinski definition) is 1. The Morgan fingerprint density at radius 2 is 1.70 bits per heavy atom. The summed E-state index contributed by atoms with van der Waals surface area (Å²) in [5.41, 5.74) is 3.26. The van der Waals surface area contributed by atoms with E-state index in [0.717, 1.165) is 22.4 Å². The normalized spacial score (nSPS) is 11.5. The first kappa shape index (κ1) is 14.6.